The summed E-state index contributed by atoms with van der Waals surface area (Å²) in [5.41, 5.74) is 7.77. The summed E-state index contributed by atoms with van der Waals surface area (Å²) in [6.07, 6.45) is 3.33. The van der Waals surface area contributed by atoms with Crippen LogP contribution in [0.4, 0.5) is 4.39 Å². The Morgan fingerprint density at radius 2 is 1.78 bits per heavy atom. The number of aryl methyl sites for hydroxylation is 2. The maximum absolute atomic E-state index is 13.4. The Morgan fingerprint density at radius 3 is 2.53 bits per heavy atom. The van der Waals surface area contributed by atoms with E-state index in [-0.39, 0.29) is 11.7 Å². The summed E-state index contributed by atoms with van der Waals surface area (Å²) in [7, 11) is 0. The molecule has 5 aromatic rings. The third-order valence-electron chi connectivity index (χ3n) is 6.33. The number of carbonyl (C=O) groups excluding carboxylic acids is 2. The molecule has 0 aliphatic rings. The highest BCUT2D eigenvalue weighted by atomic mass is 19.1. The van der Waals surface area contributed by atoms with Crippen molar-refractivity contribution in [3.63, 3.8) is 0 Å². The van der Waals surface area contributed by atoms with Gasteiger partial charge in [-0.2, -0.15) is 5.10 Å². The lowest BCUT2D eigenvalue weighted by atomic mass is 10.0. The molecule has 1 amide bonds. The van der Waals surface area contributed by atoms with Crippen LogP contribution in [-0.2, 0) is 6.54 Å². The van der Waals surface area contributed by atoms with Crippen LogP contribution in [0.5, 0.6) is 0 Å². The molecule has 0 aliphatic carbocycles. The number of fused-ring (bicyclic) bond motifs is 2. The summed E-state index contributed by atoms with van der Waals surface area (Å²) >= 11 is 0. The molecule has 8 heteroatoms. The molecule has 7 nitrogen and oxygen atoms in total. The molecule has 0 bridgehead atoms. The fourth-order valence-electron chi connectivity index (χ4n) is 4.55. The van der Waals surface area contributed by atoms with Gasteiger partial charge in [0.25, 0.3) is 5.91 Å². The monoisotopic (exact) mass is 481 g/mol. The number of hydrazone groups is 1. The van der Waals surface area contributed by atoms with Crippen LogP contribution >= 0.6 is 0 Å². The van der Waals surface area contributed by atoms with E-state index in [2.05, 4.69) is 27.0 Å². The Hall–Kier alpha value is -4.59. The van der Waals surface area contributed by atoms with Gasteiger partial charge in [-0.05, 0) is 80.9 Å². The van der Waals surface area contributed by atoms with Crippen molar-refractivity contribution in [1.29, 1.82) is 0 Å². The standard InChI is InChI=1S/C28H24FN5O2/c1-4-33-18(3)31-23-15-20(10-13-25(23)33)28(36)32-30-16-22-17(2)26(34-14-6-5-7-24(22)34)27(35)19-8-11-21(29)12-9-19/h5-16H,4H2,1-3H3,(H,32,36). The third kappa shape index (κ3) is 3.96. The van der Waals surface area contributed by atoms with Crippen LogP contribution in [0.2, 0.25) is 0 Å². The number of ketones is 1. The number of halogens is 1. The molecular formula is C28H24FN5O2. The average molecular weight is 482 g/mol. The SMILES string of the molecule is CCn1c(C)nc2cc(C(=O)NN=Cc3c(C)c(C(=O)c4ccc(F)cc4)n4ccccc34)ccc21. The third-order valence-corrected chi connectivity index (χ3v) is 6.33. The quantitative estimate of drug-likeness (QED) is 0.209. The lowest BCUT2D eigenvalue weighted by Crippen LogP contribution is -2.17. The molecule has 36 heavy (non-hydrogen) atoms. The number of nitrogens with zero attached hydrogens (tertiary/aromatic N) is 4. The Morgan fingerprint density at radius 1 is 1.03 bits per heavy atom. The van der Waals surface area contributed by atoms with E-state index >= 15 is 0 Å². The number of rotatable bonds is 6. The lowest BCUT2D eigenvalue weighted by Gasteiger charge is -2.04. The maximum atomic E-state index is 13.4. The van der Waals surface area contributed by atoms with E-state index in [0.29, 0.717) is 27.9 Å². The molecule has 0 atom stereocenters. The molecular weight excluding hydrogens is 457 g/mol. The van der Waals surface area contributed by atoms with Crippen molar-refractivity contribution in [3.8, 4) is 0 Å². The summed E-state index contributed by atoms with van der Waals surface area (Å²) in [6, 6.07) is 16.4. The minimum Gasteiger partial charge on any atom is -0.329 e. The van der Waals surface area contributed by atoms with Gasteiger partial charge < -0.3 is 8.97 Å². The van der Waals surface area contributed by atoms with E-state index in [1.165, 1.54) is 24.3 Å². The van der Waals surface area contributed by atoms with Crippen LogP contribution < -0.4 is 5.43 Å². The molecule has 0 unspecified atom stereocenters. The molecule has 1 N–H and O–H groups in total. The number of imidazole rings is 1. The van der Waals surface area contributed by atoms with E-state index in [0.717, 1.165) is 28.9 Å². The van der Waals surface area contributed by atoms with Gasteiger partial charge in [0, 0.05) is 29.4 Å². The molecule has 2 aromatic carbocycles. The maximum Gasteiger partial charge on any atom is 0.271 e. The number of nitrogens with one attached hydrogen (secondary N) is 1. The first-order valence-corrected chi connectivity index (χ1v) is 11.6. The van der Waals surface area contributed by atoms with E-state index < -0.39 is 5.82 Å². The van der Waals surface area contributed by atoms with Gasteiger partial charge in [-0.1, -0.05) is 6.07 Å². The molecule has 3 heterocycles. The zero-order valence-electron chi connectivity index (χ0n) is 20.1. The van der Waals surface area contributed by atoms with E-state index in [1.54, 1.807) is 28.9 Å². The molecule has 0 saturated carbocycles. The van der Waals surface area contributed by atoms with Gasteiger partial charge in [-0.15, -0.1) is 0 Å². The molecule has 0 fully saturated rings. The second-order valence-corrected chi connectivity index (χ2v) is 8.49. The Kier molecular flexibility index (Phi) is 5.93. The summed E-state index contributed by atoms with van der Waals surface area (Å²) in [5.74, 6) is -0.0990. The normalized spacial score (nSPS) is 11.6. The van der Waals surface area contributed by atoms with Crippen LogP contribution in [0.15, 0.2) is 72.0 Å². The van der Waals surface area contributed by atoms with Crippen molar-refractivity contribution in [1.82, 2.24) is 19.4 Å². The second-order valence-electron chi connectivity index (χ2n) is 8.49. The fourth-order valence-corrected chi connectivity index (χ4v) is 4.55. The summed E-state index contributed by atoms with van der Waals surface area (Å²) in [4.78, 5) is 30.6. The van der Waals surface area contributed by atoms with Crippen molar-refractivity contribution < 1.29 is 14.0 Å². The van der Waals surface area contributed by atoms with Crippen molar-refractivity contribution in [2.45, 2.75) is 27.3 Å². The average Bonchev–Trinajstić information content (AvgIpc) is 3.35. The van der Waals surface area contributed by atoms with Gasteiger partial charge >= 0.3 is 0 Å². The van der Waals surface area contributed by atoms with Gasteiger partial charge in [0.15, 0.2) is 0 Å². The Bertz CT molecular complexity index is 1660. The second kappa shape index (κ2) is 9.22. The first-order valence-electron chi connectivity index (χ1n) is 11.6. The van der Waals surface area contributed by atoms with Crippen LogP contribution in [0.1, 0.15) is 50.3 Å². The molecule has 3 aromatic heterocycles. The predicted molar refractivity (Wildman–Crippen MR) is 137 cm³/mol. The lowest BCUT2D eigenvalue weighted by molar-refractivity contribution is 0.0954. The zero-order chi connectivity index (χ0) is 25.4. The van der Waals surface area contributed by atoms with Crippen LogP contribution in [0.25, 0.3) is 16.6 Å². The summed E-state index contributed by atoms with van der Waals surface area (Å²) in [6.45, 7) is 6.62. The first-order chi connectivity index (χ1) is 17.4. The van der Waals surface area contributed by atoms with E-state index in [4.69, 9.17) is 0 Å². The van der Waals surface area contributed by atoms with Crippen molar-refractivity contribution in [2.24, 2.45) is 5.10 Å². The van der Waals surface area contributed by atoms with Crippen molar-refractivity contribution in [2.75, 3.05) is 0 Å². The van der Waals surface area contributed by atoms with Crippen molar-refractivity contribution in [3.05, 3.63) is 106 Å². The van der Waals surface area contributed by atoms with Gasteiger partial charge in [0.2, 0.25) is 5.78 Å². The molecule has 5 rings (SSSR count). The highest BCUT2D eigenvalue weighted by Crippen LogP contribution is 2.24. The minimum absolute atomic E-state index is 0.229. The topological polar surface area (TPSA) is 80.8 Å². The van der Waals surface area contributed by atoms with E-state index in [1.807, 2.05) is 38.1 Å². The van der Waals surface area contributed by atoms with Crippen molar-refractivity contribution >= 4 is 34.5 Å². The summed E-state index contributed by atoms with van der Waals surface area (Å²) in [5, 5.41) is 4.18. The highest BCUT2D eigenvalue weighted by Gasteiger charge is 2.21. The highest BCUT2D eigenvalue weighted by molar-refractivity contribution is 6.12. The number of hydrogen-bond donors (Lipinski definition) is 1. The molecule has 0 saturated heterocycles. The van der Waals surface area contributed by atoms with Gasteiger partial charge in [0.05, 0.1) is 28.5 Å². The molecule has 0 aliphatic heterocycles. The summed E-state index contributed by atoms with van der Waals surface area (Å²) < 4.78 is 17.2. The number of carbonyl (C=O) groups is 2. The number of amides is 1. The van der Waals surface area contributed by atoms with Gasteiger partial charge in [-0.25, -0.2) is 14.8 Å². The largest absolute Gasteiger partial charge is 0.329 e. The fraction of sp³-hybridized carbons (Fsp3) is 0.143. The van der Waals surface area contributed by atoms with Gasteiger partial charge in [-0.3, -0.25) is 9.59 Å². The molecule has 0 spiro atoms. The van der Waals surface area contributed by atoms with Crippen LogP contribution in [0.3, 0.4) is 0 Å². The Labute approximate surface area is 206 Å². The van der Waals surface area contributed by atoms with E-state index in [9.17, 15) is 14.0 Å². The first kappa shape index (κ1) is 23.2. The number of benzene rings is 2. The molecule has 180 valence electrons. The zero-order valence-corrected chi connectivity index (χ0v) is 20.1. The van der Waals surface area contributed by atoms with Crippen LogP contribution in [0, 0.1) is 19.7 Å². The number of aromatic nitrogens is 3. The Balaban J connectivity index is 1.44. The molecule has 0 radical (unpaired) electrons. The minimum atomic E-state index is -0.403. The number of hydrogen-bond acceptors (Lipinski definition) is 4. The van der Waals surface area contributed by atoms with Crippen LogP contribution in [-0.4, -0.2) is 31.9 Å². The smallest absolute Gasteiger partial charge is 0.271 e. The van der Waals surface area contributed by atoms with Gasteiger partial charge in [0.1, 0.15) is 11.6 Å². The predicted octanol–water partition coefficient (Wildman–Crippen LogP) is 5.06. The number of pyridine rings is 1.